The molecule has 23 heavy (non-hydrogen) atoms. The summed E-state index contributed by atoms with van der Waals surface area (Å²) >= 11 is 3.35. The van der Waals surface area contributed by atoms with E-state index in [0.29, 0.717) is 13.0 Å². The van der Waals surface area contributed by atoms with Crippen molar-refractivity contribution in [3.8, 4) is 0 Å². The highest BCUT2D eigenvalue weighted by Gasteiger charge is 2.31. The van der Waals surface area contributed by atoms with Crippen LogP contribution >= 0.6 is 15.9 Å². The fourth-order valence-corrected chi connectivity index (χ4v) is 2.46. The monoisotopic (exact) mass is 385 g/mol. The van der Waals surface area contributed by atoms with Gasteiger partial charge >= 0.3 is 12.1 Å². The molecule has 5 nitrogen and oxygen atoms in total. The van der Waals surface area contributed by atoms with Gasteiger partial charge in [0.2, 0.25) is 0 Å². The van der Waals surface area contributed by atoms with E-state index in [0.717, 1.165) is 17.3 Å². The fourth-order valence-electron chi connectivity index (χ4n) is 2.21. The molecule has 0 aliphatic rings. The number of halogens is 1. The number of alkyl halides is 1. The normalized spacial score (nSPS) is 11.6. The van der Waals surface area contributed by atoms with Gasteiger partial charge in [0.25, 0.3) is 0 Å². The first-order valence-corrected chi connectivity index (χ1v) is 8.96. The number of nitrogens with zero attached hydrogens (tertiary/aromatic N) is 1. The van der Waals surface area contributed by atoms with Crippen molar-refractivity contribution in [3.63, 3.8) is 0 Å². The molecule has 0 aromatic heterocycles. The number of hydrogen-bond acceptors (Lipinski definition) is 4. The Morgan fingerprint density at radius 3 is 2.35 bits per heavy atom. The van der Waals surface area contributed by atoms with Crippen molar-refractivity contribution in [3.05, 3.63) is 35.9 Å². The summed E-state index contributed by atoms with van der Waals surface area (Å²) in [6.07, 6.45) is 0.645. The molecule has 1 aromatic rings. The number of amides is 1. The van der Waals surface area contributed by atoms with Gasteiger partial charge in [-0.1, -0.05) is 46.3 Å². The quantitative estimate of drug-likeness (QED) is 0.482. The lowest BCUT2D eigenvalue weighted by molar-refractivity contribution is -0.149. The largest absolute Gasteiger partial charge is 0.464 e. The third-order valence-corrected chi connectivity index (χ3v) is 3.80. The van der Waals surface area contributed by atoms with E-state index in [1.165, 1.54) is 4.90 Å². The number of carbonyl (C=O) groups is 2. The van der Waals surface area contributed by atoms with Crippen LogP contribution in [-0.4, -0.2) is 48.1 Å². The van der Waals surface area contributed by atoms with E-state index in [2.05, 4.69) is 15.9 Å². The molecule has 128 valence electrons. The molecule has 0 aliphatic heterocycles. The Kier molecular flexibility index (Phi) is 9.36. The first-order chi connectivity index (χ1) is 11.1. The Bertz CT molecular complexity index is 481. The zero-order chi connectivity index (χ0) is 17.1. The van der Waals surface area contributed by atoms with Crippen LogP contribution in [-0.2, 0) is 20.7 Å². The van der Waals surface area contributed by atoms with E-state index in [-0.39, 0.29) is 13.2 Å². The van der Waals surface area contributed by atoms with E-state index < -0.39 is 18.1 Å². The van der Waals surface area contributed by atoms with Gasteiger partial charge in [0, 0.05) is 18.3 Å². The third kappa shape index (κ3) is 6.60. The Labute approximate surface area is 146 Å². The molecular formula is C17H24BrNO4. The first kappa shape index (κ1) is 19.5. The Morgan fingerprint density at radius 2 is 1.78 bits per heavy atom. The molecule has 6 heteroatoms. The topological polar surface area (TPSA) is 55.8 Å². The molecule has 0 heterocycles. The fraction of sp³-hybridized carbons (Fsp3) is 0.529. The smallest absolute Gasteiger partial charge is 0.410 e. The van der Waals surface area contributed by atoms with Gasteiger partial charge in [0.1, 0.15) is 6.04 Å². The summed E-state index contributed by atoms with van der Waals surface area (Å²) < 4.78 is 10.3. The molecule has 0 unspecified atom stereocenters. The van der Waals surface area contributed by atoms with E-state index in [1.807, 2.05) is 30.3 Å². The van der Waals surface area contributed by atoms with Crippen molar-refractivity contribution in [1.29, 1.82) is 0 Å². The maximum absolute atomic E-state index is 12.4. The lowest BCUT2D eigenvalue weighted by Gasteiger charge is -2.29. The van der Waals surface area contributed by atoms with Crippen molar-refractivity contribution >= 4 is 28.0 Å². The van der Waals surface area contributed by atoms with Crippen LogP contribution in [0.4, 0.5) is 4.79 Å². The molecule has 0 saturated heterocycles. The summed E-state index contributed by atoms with van der Waals surface area (Å²) in [6.45, 7) is 4.48. The first-order valence-electron chi connectivity index (χ1n) is 7.83. The summed E-state index contributed by atoms with van der Waals surface area (Å²) in [4.78, 5) is 26.1. The molecule has 0 N–H and O–H groups in total. The highest BCUT2D eigenvalue weighted by molar-refractivity contribution is 9.09. The predicted molar refractivity (Wildman–Crippen MR) is 92.7 cm³/mol. The van der Waals surface area contributed by atoms with Crippen LogP contribution in [0.2, 0.25) is 0 Å². The number of carbonyl (C=O) groups excluding carboxylic acids is 2. The second kappa shape index (κ2) is 11.0. The van der Waals surface area contributed by atoms with Gasteiger partial charge in [-0.3, -0.25) is 4.90 Å². The van der Waals surface area contributed by atoms with Crippen molar-refractivity contribution < 1.29 is 19.1 Å². The average molecular weight is 386 g/mol. The standard InChI is InChI=1S/C17H24BrNO4/c1-3-22-16(20)15(13-14-9-6-5-7-10-14)19(12-8-11-18)17(21)23-4-2/h5-7,9-10,15H,3-4,8,11-13H2,1-2H3/t15-/m0/s1. The number of rotatable bonds is 9. The van der Waals surface area contributed by atoms with Crippen LogP contribution in [0.5, 0.6) is 0 Å². The van der Waals surface area contributed by atoms with Crippen molar-refractivity contribution in [1.82, 2.24) is 4.90 Å². The Morgan fingerprint density at radius 1 is 1.13 bits per heavy atom. The maximum atomic E-state index is 12.4. The third-order valence-electron chi connectivity index (χ3n) is 3.24. The second-order valence-corrected chi connectivity index (χ2v) is 5.69. The van der Waals surface area contributed by atoms with E-state index >= 15 is 0 Å². The number of benzene rings is 1. The van der Waals surface area contributed by atoms with Crippen LogP contribution in [0.15, 0.2) is 30.3 Å². The molecule has 0 radical (unpaired) electrons. The zero-order valence-electron chi connectivity index (χ0n) is 13.7. The van der Waals surface area contributed by atoms with Crippen LogP contribution in [0, 0.1) is 0 Å². The summed E-state index contributed by atoms with van der Waals surface area (Å²) in [5, 5.41) is 0.740. The molecule has 0 saturated carbocycles. The molecule has 1 amide bonds. The summed E-state index contributed by atoms with van der Waals surface area (Å²) in [5.41, 5.74) is 0.971. The lowest BCUT2D eigenvalue weighted by atomic mass is 10.0. The highest BCUT2D eigenvalue weighted by Crippen LogP contribution is 2.14. The number of ether oxygens (including phenoxy) is 2. The van der Waals surface area contributed by atoms with Crippen molar-refractivity contribution in [2.75, 3.05) is 25.1 Å². The van der Waals surface area contributed by atoms with E-state index in [4.69, 9.17) is 9.47 Å². The van der Waals surface area contributed by atoms with Gasteiger partial charge in [0.15, 0.2) is 0 Å². The lowest BCUT2D eigenvalue weighted by Crippen LogP contribution is -2.48. The minimum atomic E-state index is -0.685. The second-order valence-electron chi connectivity index (χ2n) is 4.89. The molecule has 1 aromatic carbocycles. The van der Waals surface area contributed by atoms with E-state index in [9.17, 15) is 9.59 Å². The molecule has 0 spiro atoms. The van der Waals surface area contributed by atoms with Crippen LogP contribution in [0.3, 0.4) is 0 Å². The average Bonchev–Trinajstić information content (AvgIpc) is 2.55. The van der Waals surface area contributed by atoms with Gasteiger partial charge in [-0.05, 0) is 25.8 Å². The van der Waals surface area contributed by atoms with Crippen molar-refractivity contribution in [2.24, 2.45) is 0 Å². The van der Waals surface area contributed by atoms with Gasteiger partial charge in [-0.2, -0.15) is 0 Å². The molecule has 0 bridgehead atoms. The molecule has 0 fully saturated rings. The predicted octanol–water partition coefficient (Wildman–Crippen LogP) is 3.40. The molecular weight excluding hydrogens is 362 g/mol. The number of esters is 1. The minimum Gasteiger partial charge on any atom is -0.464 e. The SMILES string of the molecule is CCOC(=O)[C@H](Cc1ccccc1)N(CCCBr)C(=O)OCC. The Hall–Kier alpha value is -1.56. The summed E-state index contributed by atoms with van der Waals surface area (Å²) in [6, 6.07) is 8.90. The summed E-state index contributed by atoms with van der Waals surface area (Å²) in [5.74, 6) is -0.404. The number of hydrogen-bond donors (Lipinski definition) is 0. The van der Waals surface area contributed by atoms with Gasteiger partial charge in [-0.15, -0.1) is 0 Å². The van der Waals surface area contributed by atoms with Crippen molar-refractivity contribution in [2.45, 2.75) is 32.7 Å². The Balaban J connectivity index is 3.00. The van der Waals surface area contributed by atoms with E-state index in [1.54, 1.807) is 13.8 Å². The highest BCUT2D eigenvalue weighted by atomic mass is 79.9. The molecule has 1 atom stereocenters. The van der Waals surface area contributed by atoms with Gasteiger partial charge < -0.3 is 9.47 Å². The summed E-state index contributed by atoms with van der Waals surface area (Å²) in [7, 11) is 0. The van der Waals surface area contributed by atoms with Crippen LogP contribution in [0.1, 0.15) is 25.8 Å². The van der Waals surface area contributed by atoms with Gasteiger partial charge in [0.05, 0.1) is 13.2 Å². The van der Waals surface area contributed by atoms with Crippen LogP contribution < -0.4 is 0 Å². The van der Waals surface area contributed by atoms with Gasteiger partial charge in [-0.25, -0.2) is 9.59 Å². The zero-order valence-corrected chi connectivity index (χ0v) is 15.3. The maximum Gasteiger partial charge on any atom is 0.410 e. The molecule has 0 aliphatic carbocycles. The minimum absolute atomic E-state index is 0.268. The van der Waals surface area contributed by atoms with Crippen LogP contribution in [0.25, 0.3) is 0 Å². The molecule has 1 rings (SSSR count).